The molecule has 0 spiro atoms. The molecule has 0 bridgehead atoms. The molecule has 1 aliphatic rings. The quantitative estimate of drug-likeness (QED) is 0.727. The number of hydrogen-bond acceptors (Lipinski definition) is 3. The van der Waals surface area contributed by atoms with E-state index in [4.69, 9.17) is 5.73 Å². The van der Waals surface area contributed by atoms with Crippen LogP contribution in [0.25, 0.3) is 0 Å². The highest BCUT2D eigenvalue weighted by Gasteiger charge is 2.24. The molecule has 0 aromatic rings. The van der Waals surface area contributed by atoms with Crippen molar-refractivity contribution in [2.45, 2.75) is 38.8 Å². The molecule has 0 aromatic heterocycles. The van der Waals surface area contributed by atoms with E-state index in [0.29, 0.717) is 12.5 Å². The number of carbonyl (C=O) groups excluding carboxylic acids is 1. The molecule has 0 aliphatic carbocycles. The van der Waals surface area contributed by atoms with E-state index < -0.39 is 5.54 Å². The first kappa shape index (κ1) is 14.7. The van der Waals surface area contributed by atoms with Crippen LogP contribution >= 0.6 is 12.4 Å². The molecule has 1 atom stereocenters. The average molecular weight is 236 g/mol. The summed E-state index contributed by atoms with van der Waals surface area (Å²) in [6, 6.07) is 0.397. The molecule has 0 saturated carbocycles. The minimum Gasteiger partial charge on any atom is -0.340 e. The normalized spacial score (nSPS) is 22.1. The molecular formula is C10H22ClN3O. The van der Waals surface area contributed by atoms with Gasteiger partial charge in [-0.25, -0.2) is 0 Å². The number of nitrogens with one attached hydrogen (secondary N) is 1. The van der Waals surface area contributed by atoms with Gasteiger partial charge in [0.15, 0.2) is 0 Å². The Labute approximate surface area is 98.0 Å². The van der Waals surface area contributed by atoms with E-state index >= 15 is 0 Å². The van der Waals surface area contributed by atoms with Gasteiger partial charge in [0.1, 0.15) is 0 Å². The van der Waals surface area contributed by atoms with Gasteiger partial charge in [-0.05, 0) is 20.8 Å². The zero-order valence-electron chi connectivity index (χ0n) is 9.75. The molecule has 1 aliphatic heterocycles. The number of carbonyl (C=O) groups is 1. The summed E-state index contributed by atoms with van der Waals surface area (Å²) in [5.74, 6) is 0.172. The maximum Gasteiger partial charge on any atom is 0.224 e. The summed E-state index contributed by atoms with van der Waals surface area (Å²) in [5, 5.41) is 3.30. The number of rotatable bonds is 2. The van der Waals surface area contributed by atoms with Crippen molar-refractivity contribution in [3.8, 4) is 0 Å². The third kappa shape index (κ3) is 5.35. The van der Waals surface area contributed by atoms with Crippen molar-refractivity contribution in [2.24, 2.45) is 5.73 Å². The molecule has 3 N–H and O–H groups in total. The van der Waals surface area contributed by atoms with E-state index in [2.05, 4.69) is 12.2 Å². The van der Waals surface area contributed by atoms with Crippen molar-refractivity contribution in [1.29, 1.82) is 0 Å². The lowest BCUT2D eigenvalue weighted by Crippen LogP contribution is -2.53. The molecule has 1 amide bonds. The Hall–Kier alpha value is -0.320. The predicted molar refractivity (Wildman–Crippen MR) is 64.2 cm³/mol. The van der Waals surface area contributed by atoms with Crippen LogP contribution in [0.5, 0.6) is 0 Å². The van der Waals surface area contributed by atoms with Crippen molar-refractivity contribution in [2.75, 3.05) is 19.6 Å². The molecule has 1 rings (SSSR count). The molecular weight excluding hydrogens is 214 g/mol. The Bertz CT molecular complexity index is 215. The molecule has 15 heavy (non-hydrogen) atoms. The minimum absolute atomic E-state index is 0. The van der Waals surface area contributed by atoms with Gasteiger partial charge in [0, 0.05) is 37.6 Å². The SMILES string of the molecule is C[C@@H]1CN(C(=O)CC(C)(C)N)CCN1.Cl. The summed E-state index contributed by atoms with van der Waals surface area (Å²) in [6.45, 7) is 8.35. The maximum atomic E-state index is 11.8. The maximum absolute atomic E-state index is 11.8. The summed E-state index contributed by atoms with van der Waals surface area (Å²) in [7, 11) is 0. The molecule has 1 fully saturated rings. The van der Waals surface area contributed by atoms with Gasteiger partial charge in [-0.1, -0.05) is 0 Å². The number of piperazine rings is 1. The van der Waals surface area contributed by atoms with Crippen LogP contribution in [0.1, 0.15) is 27.2 Å². The first-order chi connectivity index (χ1) is 6.38. The highest BCUT2D eigenvalue weighted by Crippen LogP contribution is 2.08. The Balaban J connectivity index is 0.00000196. The number of nitrogens with zero attached hydrogens (tertiary/aromatic N) is 1. The highest BCUT2D eigenvalue weighted by atomic mass is 35.5. The van der Waals surface area contributed by atoms with Crippen LogP contribution in [0, 0.1) is 0 Å². The summed E-state index contributed by atoms with van der Waals surface area (Å²) in [5.41, 5.74) is 5.42. The Morgan fingerprint density at radius 2 is 2.20 bits per heavy atom. The standard InChI is InChI=1S/C10H21N3O.ClH/c1-8-7-13(5-4-12-8)9(14)6-10(2,3)11;/h8,12H,4-7,11H2,1-3H3;1H/t8-;/m1./s1. The Kier molecular flexibility index (Phi) is 5.56. The fourth-order valence-electron chi connectivity index (χ4n) is 1.66. The van der Waals surface area contributed by atoms with Gasteiger partial charge < -0.3 is 16.0 Å². The number of hydrogen-bond donors (Lipinski definition) is 2. The predicted octanol–water partition coefficient (Wildman–Crippen LogP) is 0.356. The number of nitrogens with two attached hydrogens (primary N) is 1. The minimum atomic E-state index is -0.398. The van der Waals surface area contributed by atoms with Gasteiger partial charge in [0.25, 0.3) is 0 Å². The smallest absolute Gasteiger partial charge is 0.224 e. The third-order valence-electron chi connectivity index (χ3n) is 2.33. The molecule has 5 heteroatoms. The largest absolute Gasteiger partial charge is 0.340 e. The number of amides is 1. The second-order valence-corrected chi connectivity index (χ2v) is 4.86. The van der Waals surface area contributed by atoms with Gasteiger partial charge in [-0.3, -0.25) is 4.79 Å². The van der Waals surface area contributed by atoms with Crippen molar-refractivity contribution in [3.63, 3.8) is 0 Å². The summed E-state index contributed by atoms with van der Waals surface area (Å²) < 4.78 is 0. The molecule has 0 unspecified atom stereocenters. The van der Waals surface area contributed by atoms with Crippen LogP contribution in [0.15, 0.2) is 0 Å². The van der Waals surface area contributed by atoms with Crippen molar-refractivity contribution < 1.29 is 4.79 Å². The van der Waals surface area contributed by atoms with E-state index in [0.717, 1.165) is 19.6 Å². The second-order valence-electron chi connectivity index (χ2n) is 4.86. The van der Waals surface area contributed by atoms with Crippen molar-refractivity contribution in [1.82, 2.24) is 10.2 Å². The summed E-state index contributed by atoms with van der Waals surface area (Å²) in [6.07, 6.45) is 0.430. The fraction of sp³-hybridized carbons (Fsp3) is 0.900. The van der Waals surface area contributed by atoms with Gasteiger partial charge >= 0.3 is 0 Å². The van der Waals surface area contributed by atoms with Gasteiger partial charge in [-0.2, -0.15) is 0 Å². The van der Waals surface area contributed by atoms with Crippen LogP contribution in [0.2, 0.25) is 0 Å². The lowest BCUT2D eigenvalue weighted by atomic mass is 10.0. The molecule has 4 nitrogen and oxygen atoms in total. The van der Waals surface area contributed by atoms with Crippen LogP contribution in [0.4, 0.5) is 0 Å². The second kappa shape index (κ2) is 5.68. The summed E-state index contributed by atoms with van der Waals surface area (Å²) >= 11 is 0. The first-order valence-corrected chi connectivity index (χ1v) is 5.18. The highest BCUT2D eigenvalue weighted by molar-refractivity contribution is 5.85. The van der Waals surface area contributed by atoms with Crippen LogP contribution in [-0.2, 0) is 4.79 Å². The van der Waals surface area contributed by atoms with Gasteiger partial charge in [0.2, 0.25) is 5.91 Å². The average Bonchev–Trinajstić information content (AvgIpc) is 2.01. The van der Waals surface area contributed by atoms with Crippen LogP contribution in [-0.4, -0.2) is 42.0 Å². The molecule has 1 heterocycles. The monoisotopic (exact) mass is 235 g/mol. The van der Waals surface area contributed by atoms with E-state index in [1.807, 2.05) is 18.7 Å². The van der Waals surface area contributed by atoms with Crippen LogP contribution in [0.3, 0.4) is 0 Å². The summed E-state index contributed by atoms with van der Waals surface area (Å²) in [4.78, 5) is 13.7. The Morgan fingerprint density at radius 3 is 2.67 bits per heavy atom. The first-order valence-electron chi connectivity index (χ1n) is 5.18. The van der Waals surface area contributed by atoms with E-state index in [-0.39, 0.29) is 18.3 Å². The van der Waals surface area contributed by atoms with E-state index in [1.54, 1.807) is 0 Å². The lowest BCUT2D eigenvalue weighted by molar-refractivity contribution is -0.133. The lowest BCUT2D eigenvalue weighted by Gasteiger charge is -2.33. The fourth-order valence-corrected chi connectivity index (χ4v) is 1.66. The molecule has 0 aromatic carbocycles. The van der Waals surface area contributed by atoms with Crippen molar-refractivity contribution in [3.05, 3.63) is 0 Å². The topological polar surface area (TPSA) is 58.4 Å². The van der Waals surface area contributed by atoms with Gasteiger partial charge in [0.05, 0.1) is 0 Å². The van der Waals surface area contributed by atoms with Crippen LogP contribution < -0.4 is 11.1 Å². The van der Waals surface area contributed by atoms with E-state index in [1.165, 1.54) is 0 Å². The van der Waals surface area contributed by atoms with Crippen molar-refractivity contribution >= 4 is 18.3 Å². The zero-order valence-corrected chi connectivity index (χ0v) is 10.6. The Morgan fingerprint density at radius 1 is 1.60 bits per heavy atom. The molecule has 90 valence electrons. The third-order valence-corrected chi connectivity index (χ3v) is 2.33. The van der Waals surface area contributed by atoms with Gasteiger partial charge in [-0.15, -0.1) is 12.4 Å². The zero-order chi connectivity index (χ0) is 10.8. The molecule has 0 radical (unpaired) electrons. The number of halogens is 1. The van der Waals surface area contributed by atoms with E-state index in [9.17, 15) is 4.79 Å². The molecule has 1 saturated heterocycles.